The summed E-state index contributed by atoms with van der Waals surface area (Å²) in [5.74, 6) is 0.125. The molecule has 1 saturated heterocycles. The molecular formula is C10H11FO3. The van der Waals surface area contributed by atoms with E-state index in [0.29, 0.717) is 24.5 Å². The van der Waals surface area contributed by atoms with Crippen molar-refractivity contribution < 1.29 is 18.6 Å². The smallest absolute Gasteiger partial charge is 0.186 e. The third-order valence-electron chi connectivity index (χ3n) is 2.08. The van der Waals surface area contributed by atoms with Gasteiger partial charge in [0.25, 0.3) is 0 Å². The third kappa shape index (κ3) is 1.71. The predicted octanol–water partition coefficient (Wildman–Crippen LogP) is 1.88. The van der Waals surface area contributed by atoms with Gasteiger partial charge in [-0.25, -0.2) is 4.39 Å². The molecule has 0 spiro atoms. The molecule has 4 heteroatoms. The van der Waals surface area contributed by atoms with Crippen molar-refractivity contribution in [1.29, 1.82) is 0 Å². The quantitative estimate of drug-likeness (QED) is 0.726. The van der Waals surface area contributed by atoms with Crippen LogP contribution in [0, 0.1) is 5.82 Å². The minimum atomic E-state index is -0.569. The molecule has 0 aliphatic carbocycles. The van der Waals surface area contributed by atoms with Crippen molar-refractivity contribution >= 4 is 0 Å². The van der Waals surface area contributed by atoms with Crippen molar-refractivity contribution in [1.82, 2.24) is 0 Å². The molecule has 0 atom stereocenters. The average Bonchev–Trinajstić information content (AvgIpc) is 2.70. The summed E-state index contributed by atoms with van der Waals surface area (Å²) in [5, 5.41) is 0. The first-order valence-corrected chi connectivity index (χ1v) is 4.38. The van der Waals surface area contributed by atoms with Gasteiger partial charge in [0.2, 0.25) is 0 Å². The van der Waals surface area contributed by atoms with Crippen LogP contribution in [0.25, 0.3) is 0 Å². The third-order valence-corrected chi connectivity index (χ3v) is 2.08. The Morgan fingerprint density at radius 1 is 1.36 bits per heavy atom. The molecule has 1 fully saturated rings. The van der Waals surface area contributed by atoms with Crippen LogP contribution in [0.4, 0.5) is 4.39 Å². The van der Waals surface area contributed by atoms with Crippen LogP contribution >= 0.6 is 0 Å². The number of hydrogen-bond acceptors (Lipinski definition) is 3. The molecule has 2 rings (SSSR count). The molecule has 0 N–H and O–H groups in total. The number of benzene rings is 1. The lowest BCUT2D eigenvalue weighted by Gasteiger charge is -2.10. The fourth-order valence-electron chi connectivity index (χ4n) is 1.36. The van der Waals surface area contributed by atoms with Crippen molar-refractivity contribution in [2.24, 2.45) is 0 Å². The van der Waals surface area contributed by atoms with Gasteiger partial charge in [-0.05, 0) is 12.1 Å². The van der Waals surface area contributed by atoms with E-state index < -0.39 is 6.29 Å². The zero-order chi connectivity index (χ0) is 9.97. The molecule has 0 bridgehead atoms. The van der Waals surface area contributed by atoms with E-state index in [0.717, 1.165) is 0 Å². The molecule has 3 nitrogen and oxygen atoms in total. The van der Waals surface area contributed by atoms with Gasteiger partial charge in [-0.1, -0.05) is 0 Å². The lowest BCUT2D eigenvalue weighted by molar-refractivity contribution is -0.0464. The van der Waals surface area contributed by atoms with Crippen LogP contribution in [0.15, 0.2) is 18.2 Å². The van der Waals surface area contributed by atoms with Crippen molar-refractivity contribution in [3.05, 3.63) is 29.6 Å². The molecule has 0 aromatic heterocycles. The zero-order valence-corrected chi connectivity index (χ0v) is 7.83. The van der Waals surface area contributed by atoms with Crippen molar-refractivity contribution in [2.45, 2.75) is 6.29 Å². The minimum absolute atomic E-state index is 0.365. The van der Waals surface area contributed by atoms with Gasteiger partial charge >= 0.3 is 0 Å². The van der Waals surface area contributed by atoms with Gasteiger partial charge in [-0.15, -0.1) is 0 Å². The topological polar surface area (TPSA) is 27.7 Å². The Labute approximate surface area is 81.4 Å². The second-order valence-corrected chi connectivity index (χ2v) is 2.96. The lowest BCUT2D eigenvalue weighted by Crippen LogP contribution is -2.01. The Bertz CT molecular complexity index is 321. The maximum absolute atomic E-state index is 13.4. The summed E-state index contributed by atoms with van der Waals surface area (Å²) in [6, 6.07) is 4.62. The molecule has 76 valence electrons. The summed E-state index contributed by atoms with van der Waals surface area (Å²) in [7, 11) is 1.50. The Morgan fingerprint density at radius 3 is 2.64 bits per heavy atom. The maximum Gasteiger partial charge on any atom is 0.186 e. The van der Waals surface area contributed by atoms with Gasteiger partial charge in [0.05, 0.1) is 20.3 Å². The van der Waals surface area contributed by atoms with E-state index in [1.165, 1.54) is 13.2 Å². The molecule has 0 amide bonds. The number of ether oxygens (including phenoxy) is 3. The summed E-state index contributed by atoms with van der Waals surface area (Å²) in [6.45, 7) is 1.02. The Morgan fingerprint density at radius 2 is 2.07 bits per heavy atom. The molecule has 0 radical (unpaired) electrons. The van der Waals surface area contributed by atoms with Gasteiger partial charge in [0, 0.05) is 11.6 Å². The van der Waals surface area contributed by atoms with Gasteiger partial charge in [0.15, 0.2) is 6.29 Å². The first kappa shape index (κ1) is 9.43. The van der Waals surface area contributed by atoms with E-state index in [-0.39, 0.29) is 5.82 Å². The normalized spacial score (nSPS) is 17.3. The second kappa shape index (κ2) is 3.94. The Hall–Kier alpha value is -1.13. The average molecular weight is 198 g/mol. The van der Waals surface area contributed by atoms with Crippen LogP contribution in [0.3, 0.4) is 0 Å². The molecule has 1 aromatic carbocycles. The van der Waals surface area contributed by atoms with Crippen molar-refractivity contribution in [2.75, 3.05) is 20.3 Å². The predicted molar refractivity (Wildman–Crippen MR) is 47.6 cm³/mol. The van der Waals surface area contributed by atoms with E-state index in [1.807, 2.05) is 0 Å². The molecular weight excluding hydrogens is 187 g/mol. The van der Waals surface area contributed by atoms with Crippen LogP contribution in [0.5, 0.6) is 5.75 Å². The summed E-state index contributed by atoms with van der Waals surface area (Å²) >= 11 is 0. The standard InChI is InChI=1S/C10H11FO3/c1-12-7-2-3-8(9(11)6-7)10-13-4-5-14-10/h2-3,6,10H,4-5H2,1H3. The fraction of sp³-hybridized carbons (Fsp3) is 0.400. The van der Waals surface area contributed by atoms with Crippen molar-refractivity contribution in [3.8, 4) is 5.75 Å². The highest BCUT2D eigenvalue weighted by Crippen LogP contribution is 2.27. The minimum Gasteiger partial charge on any atom is -0.497 e. The highest BCUT2D eigenvalue weighted by Gasteiger charge is 2.21. The maximum atomic E-state index is 13.4. The summed E-state index contributed by atoms with van der Waals surface area (Å²) < 4.78 is 28.7. The largest absolute Gasteiger partial charge is 0.497 e. The van der Waals surface area contributed by atoms with E-state index in [1.54, 1.807) is 12.1 Å². The fourth-order valence-corrected chi connectivity index (χ4v) is 1.36. The van der Waals surface area contributed by atoms with Crippen LogP contribution in [-0.2, 0) is 9.47 Å². The Kier molecular flexibility index (Phi) is 2.65. The number of halogens is 1. The Balaban J connectivity index is 2.25. The van der Waals surface area contributed by atoms with Crippen LogP contribution in [0.2, 0.25) is 0 Å². The van der Waals surface area contributed by atoms with Gasteiger partial charge in [0.1, 0.15) is 11.6 Å². The highest BCUT2D eigenvalue weighted by atomic mass is 19.1. The molecule has 1 aliphatic heterocycles. The van der Waals surface area contributed by atoms with Crippen molar-refractivity contribution in [3.63, 3.8) is 0 Å². The van der Waals surface area contributed by atoms with Gasteiger partial charge in [-0.2, -0.15) is 0 Å². The monoisotopic (exact) mass is 198 g/mol. The van der Waals surface area contributed by atoms with Gasteiger partial charge < -0.3 is 14.2 Å². The van der Waals surface area contributed by atoms with E-state index in [2.05, 4.69) is 0 Å². The number of hydrogen-bond donors (Lipinski definition) is 0. The van der Waals surface area contributed by atoms with Crippen LogP contribution in [-0.4, -0.2) is 20.3 Å². The van der Waals surface area contributed by atoms with Gasteiger partial charge in [-0.3, -0.25) is 0 Å². The first-order valence-electron chi connectivity index (χ1n) is 4.38. The molecule has 0 saturated carbocycles. The van der Waals surface area contributed by atoms with Crippen LogP contribution in [0.1, 0.15) is 11.9 Å². The highest BCUT2D eigenvalue weighted by molar-refractivity contribution is 5.29. The summed E-state index contributed by atoms with van der Waals surface area (Å²) in [5.41, 5.74) is 0.420. The molecule has 1 heterocycles. The SMILES string of the molecule is COc1ccc(C2OCCO2)c(F)c1. The number of methoxy groups -OCH3 is 1. The number of rotatable bonds is 2. The molecule has 1 aliphatic rings. The second-order valence-electron chi connectivity index (χ2n) is 2.96. The first-order chi connectivity index (χ1) is 6.81. The zero-order valence-electron chi connectivity index (χ0n) is 7.83. The van der Waals surface area contributed by atoms with E-state index in [9.17, 15) is 4.39 Å². The van der Waals surface area contributed by atoms with E-state index >= 15 is 0 Å². The lowest BCUT2D eigenvalue weighted by atomic mass is 10.2. The molecule has 14 heavy (non-hydrogen) atoms. The van der Waals surface area contributed by atoms with Crippen LogP contribution < -0.4 is 4.74 Å². The molecule has 0 unspecified atom stereocenters. The summed E-state index contributed by atoms with van der Waals surface area (Å²) in [4.78, 5) is 0. The van der Waals surface area contributed by atoms with E-state index in [4.69, 9.17) is 14.2 Å². The summed E-state index contributed by atoms with van der Waals surface area (Å²) in [6.07, 6.45) is -0.569. The molecule has 1 aromatic rings.